The Morgan fingerprint density at radius 1 is 1.30 bits per heavy atom. The first kappa shape index (κ1) is 21.0. The monoisotopic (exact) mass is 420 g/mol. The zero-order valence-corrected chi connectivity index (χ0v) is 15.8. The highest BCUT2D eigenvalue weighted by Gasteiger charge is 2.31. The first-order chi connectivity index (χ1) is 12.5. The minimum absolute atomic E-state index is 0.0233. The standard InChI is InChI=1S/C16H16ClF3N4O2S/c1-7(2)12(14(26)24-15-23-11(6-27-15)13(21)25)22-10-4-3-8(5-9(10)17)16(18,19)20/h3-7,12,22H,1-2H3,(H2,21,25)(H,23,24,26)/t12-/m0/s1. The first-order valence-corrected chi connectivity index (χ1v) is 8.94. The van der Waals surface area contributed by atoms with Crippen LogP contribution in [0.25, 0.3) is 0 Å². The summed E-state index contributed by atoms with van der Waals surface area (Å²) in [6.07, 6.45) is -4.51. The zero-order valence-electron chi connectivity index (χ0n) is 14.2. The second kappa shape index (κ2) is 8.13. The van der Waals surface area contributed by atoms with Crippen molar-refractivity contribution in [1.82, 2.24) is 4.98 Å². The number of carbonyl (C=O) groups is 2. The number of nitrogens with one attached hydrogen (secondary N) is 2. The molecule has 27 heavy (non-hydrogen) atoms. The average molecular weight is 421 g/mol. The van der Waals surface area contributed by atoms with Crippen molar-refractivity contribution < 1.29 is 22.8 Å². The summed E-state index contributed by atoms with van der Waals surface area (Å²) in [5, 5.41) is 6.82. The Kier molecular flexibility index (Phi) is 6.32. The number of nitrogens with two attached hydrogens (primary N) is 1. The normalized spacial score (nSPS) is 12.7. The van der Waals surface area contributed by atoms with E-state index in [-0.39, 0.29) is 27.5 Å². The van der Waals surface area contributed by atoms with Crippen LogP contribution in [0, 0.1) is 5.92 Å². The number of halogens is 4. The predicted octanol–water partition coefficient (Wildman–Crippen LogP) is 3.99. The number of amides is 2. The fourth-order valence-electron chi connectivity index (χ4n) is 2.14. The SMILES string of the molecule is CC(C)[C@H](Nc1ccc(C(F)(F)F)cc1Cl)C(=O)Nc1nc(C(N)=O)cs1. The van der Waals surface area contributed by atoms with Crippen LogP contribution in [0.5, 0.6) is 0 Å². The minimum Gasteiger partial charge on any atom is -0.372 e. The molecule has 0 radical (unpaired) electrons. The lowest BCUT2D eigenvalue weighted by atomic mass is 10.0. The van der Waals surface area contributed by atoms with E-state index in [0.29, 0.717) is 0 Å². The number of thiazole rings is 1. The third kappa shape index (κ3) is 5.33. The van der Waals surface area contributed by atoms with Crippen LogP contribution in [0.3, 0.4) is 0 Å². The number of benzene rings is 1. The fraction of sp³-hybridized carbons (Fsp3) is 0.312. The Hall–Kier alpha value is -2.33. The molecule has 1 atom stereocenters. The number of nitrogens with zero attached hydrogens (tertiary/aromatic N) is 1. The molecule has 4 N–H and O–H groups in total. The number of aromatic nitrogens is 1. The van der Waals surface area contributed by atoms with Gasteiger partial charge in [0.25, 0.3) is 5.91 Å². The van der Waals surface area contributed by atoms with Crippen LogP contribution in [-0.2, 0) is 11.0 Å². The Morgan fingerprint density at radius 2 is 1.96 bits per heavy atom. The summed E-state index contributed by atoms with van der Waals surface area (Å²) in [6.45, 7) is 3.51. The van der Waals surface area contributed by atoms with E-state index in [4.69, 9.17) is 17.3 Å². The van der Waals surface area contributed by atoms with Gasteiger partial charge in [-0.3, -0.25) is 9.59 Å². The molecule has 1 aromatic carbocycles. The molecular formula is C16H16ClF3N4O2S. The van der Waals surface area contributed by atoms with E-state index < -0.39 is 29.6 Å². The lowest BCUT2D eigenvalue weighted by Gasteiger charge is -2.23. The zero-order chi connectivity index (χ0) is 20.4. The number of rotatable bonds is 6. The van der Waals surface area contributed by atoms with Crippen LogP contribution < -0.4 is 16.4 Å². The van der Waals surface area contributed by atoms with Gasteiger partial charge in [0.15, 0.2) is 5.13 Å². The van der Waals surface area contributed by atoms with E-state index in [9.17, 15) is 22.8 Å². The molecule has 6 nitrogen and oxygen atoms in total. The molecule has 1 heterocycles. The predicted molar refractivity (Wildman–Crippen MR) is 98.0 cm³/mol. The molecule has 2 aromatic rings. The van der Waals surface area contributed by atoms with Gasteiger partial charge in [0.1, 0.15) is 11.7 Å². The second-order valence-electron chi connectivity index (χ2n) is 5.95. The number of primary amides is 1. The van der Waals surface area contributed by atoms with Crippen molar-refractivity contribution >= 4 is 45.6 Å². The largest absolute Gasteiger partial charge is 0.416 e. The average Bonchev–Trinajstić information content (AvgIpc) is 3.01. The Labute approximate surface area is 161 Å². The van der Waals surface area contributed by atoms with Gasteiger partial charge in [-0.2, -0.15) is 13.2 Å². The molecule has 146 valence electrons. The van der Waals surface area contributed by atoms with Crippen molar-refractivity contribution in [2.75, 3.05) is 10.6 Å². The van der Waals surface area contributed by atoms with Gasteiger partial charge in [0, 0.05) is 5.38 Å². The van der Waals surface area contributed by atoms with E-state index in [1.54, 1.807) is 13.8 Å². The highest BCUT2D eigenvalue weighted by atomic mass is 35.5. The lowest BCUT2D eigenvalue weighted by molar-refractivity contribution is -0.137. The van der Waals surface area contributed by atoms with Crippen molar-refractivity contribution in [3.63, 3.8) is 0 Å². The summed E-state index contributed by atoms with van der Waals surface area (Å²) >= 11 is 6.96. The maximum absolute atomic E-state index is 12.7. The van der Waals surface area contributed by atoms with Gasteiger partial charge < -0.3 is 16.4 Å². The Morgan fingerprint density at radius 3 is 2.44 bits per heavy atom. The molecule has 2 amide bonds. The minimum atomic E-state index is -4.51. The number of alkyl halides is 3. The van der Waals surface area contributed by atoms with Crippen molar-refractivity contribution in [3.8, 4) is 0 Å². The van der Waals surface area contributed by atoms with E-state index in [1.165, 1.54) is 11.4 Å². The number of hydrogen-bond donors (Lipinski definition) is 3. The number of anilines is 2. The van der Waals surface area contributed by atoms with Gasteiger partial charge in [-0.05, 0) is 24.1 Å². The van der Waals surface area contributed by atoms with E-state index >= 15 is 0 Å². The van der Waals surface area contributed by atoms with E-state index in [1.807, 2.05) is 0 Å². The van der Waals surface area contributed by atoms with Gasteiger partial charge in [-0.25, -0.2) is 4.98 Å². The van der Waals surface area contributed by atoms with Crippen LogP contribution in [0.2, 0.25) is 5.02 Å². The molecular weight excluding hydrogens is 405 g/mol. The molecule has 0 bridgehead atoms. The summed E-state index contributed by atoms with van der Waals surface area (Å²) < 4.78 is 38.2. The highest BCUT2D eigenvalue weighted by Crippen LogP contribution is 2.34. The Bertz CT molecular complexity index is 854. The number of hydrogen-bond acceptors (Lipinski definition) is 5. The molecule has 0 fully saturated rings. The molecule has 0 saturated carbocycles. The highest BCUT2D eigenvalue weighted by molar-refractivity contribution is 7.14. The van der Waals surface area contributed by atoms with Gasteiger partial charge in [0.05, 0.1) is 16.3 Å². The topological polar surface area (TPSA) is 97.1 Å². The van der Waals surface area contributed by atoms with Crippen molar-refractivity contribution in [3.05, 3.63) is 39.9 Å². The van der Waals surface area contributed by atoms with Crippen molar-refractivity contribution in [2.45, 2.75) is 26.1 Å². The molecule has 0 spiro atoms. The third-order valence-electron chi connectivity index (χ3n) is 3.54. The Balaban J connectivity index is 2.17. The molecule has 0 aliphatic rings. The van der Waals surface area contributed by atoms with Gasteiger partial charge in [-0.1, -0.05) is 25.4 Å². The van der Waals surface area contributed by atoms with E-state index in [0.717, 1.165) is 23.5 Å². The third-order valence-corrected chi connectivity index (χ3v) is 4.61. The first-order valence-electron chi connectivity index (χ1n) is 7.68. The summed E-state index contributed by atoms with van der Waals surface area (Å²) in [4.78, 5) is 27.5. The summed E-state index contributed by atoms with van der Waals surface area (Å²) in [7, 11) is 0. The van der Waals surface area contributed by atoms with E-state index in [2.05, 4.69) is 15.6 Å². The smallest absolute Gasteiger partial charge is 0.372 e. The van der Waals surface area contributed by atoms with Crippen molar-refractivity contribution in [1.29, 1.82) is 0 Å². The molecule has 0 aliphatic heterocycles. The summed E-state index contributed by atoms with van der Waals surface area (Å²) in [5.74, 6) is -1.42. The fourth-order valence-corrected chi connectivity index (χ4v) is 3.08. The molecule has 0 saturated heterocycles. The van der Waals surface area contributed by atoms with Crippen molar-refractivity contribution in [2.24, 2.45) is 11.7 Å². The summed E-state index contributed by atoms with van der Waals surface area (Å²) in [5.41, 5.74) is 4.44. The van der Waals surface area contributed by atoms with Gasteiger partial charge in [-0.15, -0.1) is 11.3 Å². The molecule has 2 rings (SSSR count). The van der Waals surface area contributed by atoms with Crippen LogP contribution in [0.15, 0.2) is 23.6 Å². The van der Waals surface area contributed by atoms with Crippen LogP contribution in [0.1, 0.15) is 29.9 Å². The lowest BCUT2D eigenvalue weighted by Crippen LogP contribution is -2.39. The van der Waals surface area contributed by atoms with Crippen LogP contribution in [0.4, 0.5) is 24.0 Å². The maximum Gasteiger partial charge on any atom is 0.416 e. The molecule has 0 unspecified atom stereocenters. The molecule has 1 aromatic heterocycles. The molecule has 11 heteroatoms. The quantitative estimate of drug-likeness (QED) is 0.658. The number of carbonyl (C=O) groups excluding carboxylic acids is 2. The second-order valence-corrected chi connectivity index (χ2v) is 7.22. The molecule has 0 aliphatic carbocycles. The summed E-state index contributed by atoms with van der Waals surface area (Å²) in [6, 6.07) is 2.03. The maximum atomic E-state index is 12.7. The van der Waals surface area contributed by atoms with Crippen LogP contribution >= 0.6 is 22.9 Å². The van der Waals surface area contributed by atoms with Gasteiger partial charge >= 0.3 is 6.18 Å². The van der Waals surface area contributed by atoms with Gasteiger partial charge in [0.2, 0.25) is 5.91 Å². The van der Waals surface area contributed by atoms with Crippen LogP contribution in [-0.4, -0.2) is 22.8 Å².